The highest BCUT2D eigenvalue weighted by atomic mass is 32.1. The summed E-state index contributed by atoms with van der Waals surface area (Å²) >= 11 is 1.82. The Hall–Kier alpha value is -1.00. The summed E-state index contributed by atoms with van der Waals surface area (Å²) in [6.07, 6.45) is 6.01. The topological polar surface area (TPSA) is 46.0 Å². The lowest BCUT2D eigenvalue weighted by molar-refractivity contribution is 0.249. The number of fused-ring (bicyclic) bond motifs is 3. The summed E-state index contributed by atoms with van der Waals surface area (Å²) < 4.78 is 0. The number of aliphatic hydroxyl groups excluding tert-OH is 1. The number of hydrogen-bond donors (Lipinski definition) is 1. The largest absolute Gasteiger partial charge is 0.396 e. The molecular formula is C13H16N2OS. The lowest BCUT2D eigenvalue weighted by Gasteiger charge is -2.21. The molecule has 90 valence electrons. The maximum absolute atomic E-state index is 9.06. The highest BCUT2D eigenvalue weighted by molar-refractivity contribution is 7.18. The van der Waals surface area contributed by atoms with Crippen molar-refractivity contribution in [2.75, 3.05) is 6.61 Å². The second-order valence-corrected chi connectivity index (χ2v) is 5.85. The van der Waals surface area contributed by atoms with Gasteiger partial charge in [-0.15, -0.1) is 11.3 Å². The van der Waals surface area contributed by atoms with E-state index in [2.05, 4.69) is 16.9 Å². The van der Waals surface area contributed by atoms with Gasteiger partial charge in [0, 0.05) is 22.6 Å². The Bertz CT molecular complexity index is 550. The van der Waals surface area contributed by atoms with Crippen LogP contribution in [0.5, 0.6) is 0 Å². The van der Waals surface area contributed by atoms with Gasteiger partial charge in [-0.2, -0.15) is 0 Å². The Morgan fingerprint density at radius 3 is 3.18 bits per heavy atom. The van der Waals surface area contributed by atoms with E-state index in [1.807, 2.05) is 11.3 Å². The lowest BCUT2D eigenvalue weighted by Crippen LogP contribution is -2.14. The van der Waals surface area contributed by atoms with Gasteiger partial charge >= 0.3 is 0 Å². The van der Waals surface area contributed by atoms with Gasteiger partial charge in [-0.3, -0.25) is 0 Å². The molecule has 0 spiro atoms. The van der Waals surface area contributed by atoms with E-state index >= 15 is 0 Å². The molecule has 0 fully saturated rings. The zero-order valence-corrected chi connectivity index (χ0v) is 10.8. The first-order valence-electron chi connectivity index (χ1n) is 6.12. The molecule has 0 radical (unpaired) electrons. The minimum absolute atomic E-state index is 0.303. The molecule has 1 aliphatic rings. The molecule has 2 aromatic heterocycles. The first-order chi connectivity index (χ1) is 8.29. The van der Waals surface area contributed by atoms with Crippen molar-refractivity contribution in [3.8, 4) is 0 Å². The second-order valence-electron chi connectivity index (χ2n) is 4.76. The van der Waals surface area contributed by atoms with Crippen LogP contribution < -0.4 is 0 Å². The maximum Gasteiger partial charge on any atom is 0.127 e. The van der Waals surface area contributed by atoms with Gasteiger partial charge in [0.2, 0.25) is 0 Å². The predicted molar refractivity (Wildman–Crippen MR) is 69.4 cm³/mol. The molecule has 0 amide bonds. The van der Waals surface area contributed by atoms with Gasteiger partial charge in [-0.05, 0) is 44.1 Å². The van der Waals surface area contributed by atoms with E-state index in [1.165, 1.54) is 22.2 Å². The molecule has 1 atom stereocenters. The molecule has 0 unspecified atom stereocenters. The Balaban J connectivity index is 2.08. The number of thiophene rings is 1. The molecule has 3 nitrogen and oxygen atoms in total. The predicted octanol–water partition coefficient (Wildman–Crippen LogP) is 2.49. The smallest absolute Gasteiger partial charge is 0.127 e. The van der Waals surface area contributed by atoms with E-state index in [0.717, 1.165) is 29.8 Å². The van der Waals surface area contributed by atoms with Crippen molar-refractivity contribution in [1.82, 2.24) is 9.97 Å². The van der Waals surface area contributed by atoms with Gasteiger partial charge in [-0.1, -0.05) is 0 Å². The Kier molecular flexibility index (Phi) is 2.84. The van der Waals surface area contributed by atoms with E-state index < -0.39 is 0 Å². The number of hydrogen-bond acceptors (Lipinski definition) is 4. The average Bonchev–Trinajstić information content (AvgIpc) is 2.68. The van der Waals surface area contributed by atoms with Crippen LogP contribution in [-0.4, -0.2) is 21.7 Å². The molecule has 0 aromatic carbocycles. The van der Waals surface area contributed by atoms with E-state index in [4.69, 9.17) is 5.11 Å². The second kappa shape index (κ2) is 4.35. The Morgan fingerprint density at radius 1 is 1.47 bits per heavy atom. The van der Waals surface area contributed by atoms with Gasteiger partial charge < -0.3 is 5.11 Å². The van der Waals surface area contributed by atoms with E-state index in [9.17, 15) is 0 Å². The van der Waals surface area contributed by atoms with Crippen LogP contribution in [0, 0.1) is 12.8 Å². The van der Waals surface area contributed by atoms with Crippen LogP contribution in [0.1, 0.15) is 29.0 Å². The van der Waals surface area contributed by atoms with Gasteiger partial charge in [0.1, 0.15) is 11.2 Å². The minimum Gasteiger partial charge on any atom is -0.396 e. The fourth-order valence-electron chi connectivity index (χ4n) is 2.77. The van der Waals surface area contributed by atoms with Gasteiger partial charge in [-0.25, -0.2) is 9.97 Å². The lowest BCUT2D eigenvalue weighted by atomic mass is 9.85. The number of aliphatic hydroxyl groups is 1. The van der Waals surface area contributed by atoms with Crippen molar-refractivity contribution in [3.63, 3.8) is 0 Å². The molecule has 0 saturated carbocycles. The van der Waals surface area contributed by atoms with Crippen LogP contribution >= 0.6 is 11.3 Å². The molecule has 2 heterocycles. The van der Waals surface area contributed by atoms with E-state index in [-0.39, 0.29) is 0 Å². The number of nitrogens with zero attached hydrogens (tertiary/aromatic N) is 2. The van der Waals surface area contributed by atoms with Crippen molar-refractivity contribution in [3.05, 3.63) is 22.5 Å². The van der Waals surface area contributed by atoms with Crippen molar-refractivity contribution in [1.29, 1.82) is 0 Å². The Labute approximate surface area is 105 Å². The van der Waals surface area contributed by atoms with Gasteiger partial charge in [0.15, 0.2) is 0 Å². The quantitative estimate of drug-likeness (QED) is 0.888. The summed E-state index contributed by atoms with van der Waals surface area (Å²) in [5.41, 5.74) is 2.55. The van der Waals surface area contributed by atoms with Crippen molar-refractivity contribution in [2.45, 2.75) is 32.6 Å². The summed E-state index contributed by atoms with van der Waals surface area (Å²) in [6.45, 7) is 2.37. The van der Waals surface area contributed by atoms with Crippen molar-refractivity contribution < 1.29 is 5.11 Å². The molecule has 0 aliphatic heterocycles. The monoisotopic (exact) mass is 248 g/mol. The normalized spacial score (nSPS) is 19.5. The standard InChI is InChI=1S/C13H16N2OS/c1-8-12-10-6-9(4-5-16)2-3-11(10)17-13(12)15-7-14-8/h7,9,16H,2-6H2,1H3/t9-/m0/s1. The first-order valence-corrected chi connectivity index (χ1v) is 6.94. The highest BCUT2D eigenvalue weighted by Crippen LogP contribution is 2.38. The third-order valence-corrected chi connectivity index (χ3v) is 4.87. The minimum atomic E-state index is 0.303. The molecule has 0 saturated heterocycles. The van der Waals surface area contributed by atoms with Crippen LogP contribution in [0.3, 0.4) is 0 Å². The third-order valence-electron chi connectivity index (χ3n) is 3.67. The van der Waals surface area contributed by atoms with Crippen LogP contribution in [-0.2, 0) is 12.8 Å². The molecule has 4 heteroatoms. The molecule has 1 N–H and O–H groups in total. The third kappa shape index (κ3) is 1.85. The summed E-state index contributed by atoms with van der Waals surface area (Å²) in [5, 5.41) is 10.3. The van der Waals surface area contributed by atoms with Crippen molar-refractivity contribution in [2.24, 2.45) is 5.92 Å². The summed E-state index contributed by atoms with van der Waals surface area (Å²) in [7, 11) is 0. The highest BCUT2D eigenvalue weighted by Gasteiger charge is 2.23. The van der Waals surface area contributed by atoms with E-state index in [1.54, 1.807) is 6.33 Å². The summed E-state index contributed by atoms with van der Waals surface area (Å²) in [5.74, 6) is 0.630. The fourth-order valence-corrected chi connectivity index (χ4v) is 4.00. The van der Waals surface area contributed by atoms with Crippen LogP contribution in [0.25, 0.3) is 10.2 Å². The van der Waals surface area contributed by atoms with Gasteiger partial charge in [0.05, 0.1) is 0 Å². The average molecular weight is 248 g/mol. The molecular weight excluding hydrogens is 232 g/mol. The van der Waals surface area contributed by atoms with E-state index in [0.29, 0.717) is 12.5 Å². The zero-order chi connectivity index (χ0) is 11.8. The van der Waals surface area contributed by atoms with Crippen LogP contribution in [0.4, 0.5) is 0 Å². The van der Waals surface area contributed by atoms with Crippen LogP contribution in [0.2, 0.25) is 0 Å². The molecule has 2 aromatic rings. The summed E-state index contributed by atoms with van der Waals surface area (Å²) in [4.78, 5) is 11.3. The molecule has 3 rings (SSSR count). The number of aromatic nitrogens is 2. The Morgan fingerprint density at radius 2 is 2.35 bits per heavy atom. The maximum atomic E-state index is 9.06. The van der Waals surface area contributed by atoms with Crippen LogP contribution in [0.15, 0.2) is 6.33 Å². The zero-order valence-electron chi connectivity index (χ0n) is 9.94. The number of aryl methyl sites for hydroxylation is 2. The summed E-state index contributed by atoms with van der Waals surface area (Å²) in [6, 6.07) is 0. The molecule has 0 bridgehead atoms. The SMILES string of the molecule is Cc1ncnc2sc3c(c12)C[C@H](CCO)CC3. The first kappa shape index (κ1) is 11.1. The molecule has 1 aliphatic carbocycles. The molecule has 17 heavy (non-hydrogen) atoms. The number of rotatable bonds is 2. The fraction of sp³-hybridized carbons (Fsp3) is 0.538. The van der Waals surface area contributed by atoms with Crippen molar-refractivity contribution >= 4 is 21.6 Å². The van der Waals surface area contributed by atoms with Gasteiger partial charge in [0.25, 0.3) is 0 Å².